The summed E-state index contributed by atoms with van der Waals surface area (Å²) in [6.07, 6.45) is -8.16. The third-order valence-corrected chi connectivity index (χ3v) is 6.56. The first-order valence-electron chi connectivity index (χ1n) is 5.17. The van der Waals surface area contributed by atoms with Gasteiger partial charge in [-0.25, -0.2) is 13.2 Å². The van der Waals surface area contributed by atoms with Crippen LogP contribution in [0.25, 0.3) is 0 Å². The molecular formula is C10H5F3I3O5S-. The molecule has 0 radical (unpaired) electrons. The molecular weight excluding hydrogens is 670 g/mol. The van der Waals surface area contributed by atoms with Crippen molar-refractivity contribution in [1.82, 2.24) is 0 Å². The first-order chi connectivity index (χ1) is 9.81. The highest BCUT2D eigenvalue weighted by Gasteiger charge is 2.44. The monoisotopic (exact) mass is 675 g/mol. The Morgan fingerprint density at radius 2 is 1.82 bits per heavy atom. The van der Waals surface area contributed by atoms with Crippen LogP contribution in [-0.2, 0) is 14.9 Å². The number of halogens is 6. The third-order valence-electron chi connectivity index (χ3n) is 2.18. The lowest BCUT2D eigenvalue weighted by atomic mass is 10.2. The summed E-state index contributed by atoms with van der Waals surface area (Å²) in [5.41, 5.74) is -0.130. The van der Waals surface area contributed by atoms with Crippen LogP contribution in [0.3, 0.4) is 0 Å². The Bertz CT molecular complexity index is 690. The van der Waals surface area contributed by atoms with Gasteiger partial charge in [-0.15, -0.1) is 0 Å². The zero-order valence-electron chi connectivity index (χ0n) is 10.2. The second-order valence-electron chi connectivity index (χ2n) is 3.91. The van der Waals surface area contributed by atoms with Gasteiger partial charge in [-0.05, 0) is 79.9 Å². The van der Waals surface area contributed by atoms with Crippen LogP contribution in [-0.4, -0.2) is 37.0 Å². The minimum atomic E-state index is -5.21. The molecule has 0 saturated carbocycles. The molecule has 1 aromatic rings. The molecule has 0 heterocycles. The van der Waals surface area contributed by atoms with Crippen molar-refractivity contribution < 1.29 is 35.7 Å². The summed E-state index contributed by atoms with van der Waals surface area (Å²) < 4.78 is 75.5. The summed E-state index contributed by atoms with van der Waals surface area (Å²) in [4.78, 5) is 11.9. The Hall–Kier alpha value is 0.580. The van der Waals surface area contributed by atoms with Crippen molar-refractivity contribution in [1.29, 1.82) is 0 Å². The molecule has 0 saturated heterocycles. The highest BCUT2D eigenvalue weighted by molar-refractivity contribution is 14.1. The van der Waals surface area contributed by atoms with E-state index in [1.165, 1.54) is 6.07 Å². The molecule has 12 heteroatoms. The van der Waals surface area contributed by atoms with Crippen molar-refractivity contribution in [3.05, 3.63) is 28.4 Å². The topological polar surface area (TPSA) is 83.5 Å². The Labute approximate surface area is 164 Å². The van der Waals surface area contributed by atoms with E-state index in [4.69, 9.17) is 0 Å². The maximum Gasteiger partial charge on any atom is 0.426 e. The van der Waals surface area contributed by atoms with Crippen LogP contribution < -0.4 is 0 Å². The van der Waals surface area contributed by atoms with Crippen molar-refractivity contribution >= 4 is 83.9 Å². The van der Waals surface area contributed by atoms with E-state index < -0.39 is 34.1 Å². The van der Waals surface area contributed by atoms with Gasteiger partial charge in [-0.1, -0.05) is 0 Å². The van der Waals surface area contributed by atoms with Crippen molar-refractivity contribution in [2.45, 2.75) is 12.3 Å². The van der Waals surface area contributed by atoms with E-state index >= 15 is 0 Å². The molecule has 0 fully saturated rings. The van der Waals surface area contributed by atoms with E-state index in [0.717, 1.165) is 0 Å². The van der Waals surface area contributed by atoms with Crippen molar-refractivity contribution in [2.75, 3.05) is 5.75 Å². The van der Waals surface area contributed by atoms with Gasteiger partial charge < -0.3 is 9.29 Å². The Morgan fingerprint density at radius 1 is 1.27 bits per heavy atom. The smallest absolute Gasteiger partial charge is 0.426 e. The van der Waals surface area contributed by atoms with Crippen LogP contribution in [0.2, 0.25) is 0 Å². The van der Waals surface area contributed by atoms with E-state index in [9.17, 15) is 30.9 Å². The minimum Gasteiger partial charge on any atom is -0.748 e. The molecule has 1 atom stereocenters. The largest absolute Gasteiger partial charge is 0.748 e. The van der Waals surface area contributed by atoms with Crippen LogP contribution in [0.4, 0.5) is 13.2 Å². The number of carbonyl (C=O) groups is 1. The normalized spacial score (nSPS) is 13.8. The van der Waals surface area contributed by atoms with Gasteiger partial charge in [0.25, 0.3) is 0 Å². The van der Waals surface area contributed by atoms with E-state index in [0.29, 0.717) is 10.7 Å². The van der Waals surface area contributed by atoms with Crippen molar-refractivity contribution in [3.8, 4) is 0 Å². The molecule has 0 aliphatic heterocycles. The molecule has 1 aromatic carbocycles. The first kappa shape index (κ1) is 20.6. The first-order valence-corrected chi connectivity index (χ1v) is 9.98. The van der Waals surface area contributed by atoms with Gasteiger partial charge in [0.15, 0.2) is 0 Å². The van der Waals surface area contributed by atoms with E-state index in [1.54, 1.807) is 28.7 Å². The molecule has 0 spiro atoms. The molecule has 1 unspecified atom stereocenters. The summed E-state index contributed by atoms with van der Waals surface area (Å²) in [5, 5.41) is 0. The van der Waals surface area contributed by atoms with Gasteiger partial charge in [0.1, 0.15) is 0 Å². The maximum absolute atomic E-state index is 12.7. The number of benzene rings is 1. The molecule has 1 rings (SSSR count). The Morgan fingerprint density at radius 3 is 2.27 bits per heavy atom. The van der Waals surface area contributed by atoms with Gasteiger partial charge >= 0.3 is 12.1 Å². The second-order valence-corrected chi connectivity index (χ2v) is 8.84. The molecule has 0 aliphatic rings. The predicted molar refractivity (Wildman–Crippen MR) is 94.4 cm³/mol. The fraction of sp³-hybridized carbons (Fsp3) is 0.300. The highest BCUT2D eigenvalue weighted by Crippen LogP contribution is 2.28. The summed E-state index contributed by atoms with van der Waals surface area (Å²) in [5.74, 6) is -3.20. The Kier molecular flexibility index (Phi) is 7.17. The number of ether oxygens (including phenoxy) is 1. The fourth-order valence-corrected chi connectivity index (χ4v) is 4.28. The number of esters is 1. The quantitative estimate of drug-likeness (QED) is 0.212. The second kappa shape index (κ2) is 7.64. The van der Waals surface area contributed by atoms with E-state index in [1.807, 2.05) is 45.2 Å². The number of hydrogen-bond donors (Lipinski definition) is 0. The SMILES string of the molecule is O=C(OC(CS(=O)(=O)[O-])C(F)(F)F)c1cc(I)cc(I)c1I. The standard InChI is InChI=1S/C10H6F3I3O5S/c11-10(12,13)7(3-22(18,19)20)21-9(17)5-1-4(14)2-6(15)8(5)16/h1-2,7H,3H2,(H,18,19,20)/p-1. The van der Waals surface area contributed by atoms with Gasteiger partial charge in [-0.3, -0.25) is 0 Å². The summed E-state index contributed by atoms with van der Waals surface area (Å²) in [6.45, 7) is 0. The van der Waals surface area contributed by atoms with Gasteiger partial charge in [0.05, 0.1) is 21.4 Å². The lowest BCUT2D eigenvalue weighted by Crippen LogP contribution is -2.39. The van der Waals surface area contributed by atoms with Crippen LogP contribution >= 0.6 is 67.8 Å². The van der Waals surface area contributed by atoms with E-state index in [2.05, 4.69) is 4.74 Å². The van der Waals surface area contributed by atoms with E-state index in [-0.39, 0.29) is 5.56 Å². The zero-order chi connectivity index (χ0) is 17.3. The average Bonchev–Trinajstić information content (AvgIpc) is 2.29. The molecule has 0 amide bonds. The molecule has 0 aliphatic carbocycles. The van der Waals surface area contributed by atoms with Crippen LogP contribution in [0.15, 0.2) is 12.1 Å². The molecule has 0 aromatic heterocycles. The number of rotatable bonds is 4. The van der Waals surface area contributed by atoms with Gasteiger partial charge in [0.2, 0.25) is 6.10 Å². The van der Waals surface area contributed by atoms with Gasteiger partial charge in [0, 0.05) is 10.7 Å². The minimum absolute atomic E-state index is 0.130. The highest BCUT2D eigenvalue weighted by atomic mass is 127. The lowest BCUT2D eigenvalue weighted by molar-refractivity contribution is -0.197. The fourth-order valence-electron chi connectivity index (χ4n) is 1.28. The summed E-state index contributed by atoms with van der Waals surface area (Å²) in [7, 11) is -5.21. The van der Waals surface area contributed by atoms with Crippen LogP contribution in [0, 0.1) is 10.7 Å². The van der Waals surface area contributed by atoms with Gasteiger partial charge in [-0.2, -0.15) is 13.2 Å². The number of carbonyl (C=O) groups excluding carboxylic acids is 1. The molecule has 22 heavy (non-hydrogen) atoms. The lowest BCUT2D eigenvalue weighted by Gasteiger charge is -2.22. The molecule has 0 bridgehead atoms. The van der Waals surface area contributed by atoms with Crippen molar-refractivity contribution in [2.24, 2.45) is 0 Å². The number of alkyl halides is 3. The van der Waals surface area contributed by atoms with Crippen LogP contribution in [0.5, 0.6) is 0 Å². The molecule has 124 valence electrons. The summed E-state index contributed by atoms with van der Waals surface area (Å²) in [6, 6.07) is 3.01. The predicted octanol–water partition coefficient (Wildman–Crippen LogP) is 3.13. The zero-order valence-corrected chi connectivity index (χ0v) is 17.4. The van der Waals surface area contributed by atoms with Crippen molar-refractivity contribution in [3.63, 3.8) is 0 Å². The summed E-state index contributed by atoms with van der Waals surface area (Å²) >= 11 is 5.52. The molecule has 5 nitrogen and oxygen atoms in total. The number of hydrogen-bond acceptors (Lipinski definition) is 5. The third kappa shape index (κ3) is 6.23. The maximum atomic E-state index is 12.7. The van der Waals surface area contributed by atoms with Crippen LogP contribution in [0.1, 0.15) is 10.4 Å². The molecule has 0 N–H and O–H groups in total. The average molecular weight is 675 g/mol. The Balaban J connectivity index is 3.12.